The molecule has 0 radical (unpaired) electrons. The standard InChI is InChI=1S/C19H20ClNO3/c1-21(12-13-24-17-9-5-8-16(20)14-17)19(23)11-10-18(22)15-6-3-2-4-7-15/h2-9,14H,10-13H2,1H3. The summed E-state index contributed by atoms with van der Waals surface area (Å²) in [5, 5.41) is 0.608. The van der Waals surface area contributed by atoms with Crippen molar-refractivity contribution < 1.29 is 14.3 Å². The van der Waals surface area contributed by atoms with Gasteiger partial charge in [0.15, 0.2) is 5.78 Å². The number of carbonyl (C=O) groups is 2. The highest BCUT2D eigenvalue weighted by Crippen LogP contribution is 2.17. The Kier molecular flexibility index (Phi) is 6.82. The number of ether oxygens (including phenoxy) is 1. The fourth-order valence-corrected chi connectivity index (χ4v) is 2.34. The van der Waals surface area contributed by atoms with E-state index >= 15 is 0 Å². The van der Waals surface area contributed by atoms with Crippen molar-refractivity contribution in [3.05, 3.63) is 65.2 Å². The second-order valence-electron chi connectivity index (χ2n) is 5.41. The van der Waals surface area contributed by atoms with Gasteiger partial charge in [0.05, 0.1) is 6.54 Å². The molecule has 0 saturated heterocycles. The Labute approximate surface area is 147 Å². The first kappa shape index (κ1) is 18.0. The molecule has 0 heterocycles. The van der Waals surface area contributed by atoms with Crippen LogP contribution < -0.4 is 4.74 Å². The molecule has 4 nitrogen and oxygen atoms in total. The van der Waals surface area contributed by atoms with Crippen LogP contribution in [0.4, 0.5) is 0 Å². The monoisotopic (exact) mass is 345 g/mol. The fraction of sp³-hybridized carbons (Fsp3) is 0.263. The number of hydrogen-bond acceptors (Lipinski definition) is 3. The van der Waals surface area contributed by atoms with Crippen LogP contribution in [0.2, 0.25) is 5.02 Å². The Morgan fingerprint density at radius 3 is 2.50 bits per heavy atom. The third-order valence-corrected chi connectivity index (χ3v) is 3.81. The molecule has 5 heteroatoms. The number of benzene rings is 2. The first-order valence-electron chi connectivity index (χ1n) is 7.77. The molecule has 2 aromatic rings. The van der Waals surface area contributed by atoms with Crippen LogP contribution in [0.15, 0.2) is 54.6 Å². The van der Waals surface area contributed by atoms with Crippen LogP contribution in [-0.2, 0) is 4.79 Å². The summed E-state index contributed by atoms with van der Waals surface area (Å²) in [6.07, 6.45) is 0.406. The van der Waals surface area contributed by atoms with Crippen molar-refractivity contribution in [3.63, 3.8) is 0 Å². The van der Waals surface area contributed by atoms with Crippen LogP contribution in [0.25, 0.3) is 0 Å². The molecule has 0 N–H and O–H groups in total. The summed E-state index contributed by atoms with van der Waals surface area (Å²) in [6.45, 7) is 0.820. The van der Waals surface area contributed by atoms with E-state index in [1.807, 2.05) is 30.3 Å². The molecule has 0 aliphatic rings. The van der Waals surface area contributed by atoms with Gasteiger partial charge < -0.3 is 9.64 Å². The van der Waals surface area contributed by atoms with E-state index in [4.69, 9.17) is 16.3 Å². The highest BCUT2D eigenvalue weighted by Gasteiger charge is 2.12. The van der Waals surface area contributed by atoms with Gasteiger partial charge in [0.1, 0.15) is 12.4 Å². The number of ketones is 1. The molecule has 0 spiro atoms. The number of carbonyl (C=O) groups excluding carboxylic acids is 2. The van der Waals surface area contributed by atoms with Crippen molar-refractivity contribution in [2.45, 2.75) is 12.8 Å². The normalized spacial score (nSPS) is 10.2. The minimum atomic E-state index is -0.0750. The number of halogens is 1. The zero-order valence-corrected chi connectivity index (χ0v) is 14.3. The van der Waals surface area contributed by atoms with Crippen LogP contribution in [0.3, 0.4) is 0 Å². The largest absolute Gasteiger partial charge is 0.492 e. The first-order chi connectivity index (χ1) is 11.6. The van der Waals surface area contributed by atoms with Gasteiger partial charge in [-0.15, -0.1) is 0 Å². The summed E-state index contributed by atoms with van der Waals surface area (Å²) in [6, 6.07) is 16.1. The predicted molar refractivity (Wildman–Crippen MR) is 94.6 cm³/mol. The average molecular weight is 346 g/mol. The number of rotatable bonds is 8. The maximum absolute atomic E-state index is 12.1. The lowest BCUT2D eigenvalue weighted by Gasteiger charge is -2.17. The lowest BCUT2D eigenvalue weighted by atomic mass is 10.1. The highest BCUT2D eigenvalue weighted by atomic mass is 35.5. The third kappa shape index (κ3) is 5.70. The lowest BCUT2D eigenvalue weighted by molar-refractivity contribution is -0.130. The van der Waals surface area contributed by atoms with E-state index in [-0.39, 0.29) is 24.5 Å². The maximum Gasteiger partial charge on any atom is 0.222 e. The summed E-state index contributed by atoms with van der Waals surface area (Å²) in [5.74, 6) is 0.573. The molecular weight excluding hydrogens is 326 g/mol. The van der Waals surface area contributed by atoms with E-state index in [1.54, 1.807) is 36.2 Å². The zero-order valence-electron chi connectivity index (χ0n) is 13.6. The Morgan fingerprint density at radius 2 is 1.79 bits per heavy atom. The van der Waals surface area contributed by atoms with Crippen LogP contribution >= 0.6 is 11.6 Å². The Balaban J connectivity index is 1.71. The molecule has 2 rings (SSSR count). The fourth-order valence-electron chi connectivity index (χ4n) is 2.16. The second-order valence-corrected chi connectivity index (χ2v) is 5.85. The van der Waals surface area contributed by atoms with E-state index in [2.05, 4.69) is 0 Å². The lowest BCUT2D eigenvalue weighted by Crippen LogP contribution is -2.31. The summed E-state index contributed by atoms with van der Waals surface area (Å²) in [5.41, 5.74) is 0.636. The molecular formula is C19H20ClNO3. The molecule has 0 atom stereocenters. The van der Waals surface area contributed by atoms with E-state index in [1.165, 1.54) is 0 Å². The maximum atomic E-state index is 12.1. The summed E-state index contributed by atoms with van der Waals surface area (Å²) in [7, 11) is 1.71. The van der Waals surface area contributed by atoms with Gasteiger partial charge >= 0.3 is 0 Å². The van der Waals surface area contributed by atoms with E-state index in [0.29, 0.717) is 29.5 Å². The Morgan fingerprint density at radius 1 is 1.04 bits per heavy atom. The van der Waals surface area contributed by atoms with E-state index in [9.17, 15) is 9.59 Å². The Hall–Kier alpha value is -2.33. The third-order valence-electron chi connectivity index (χ3n) is 3.58. The van der Waals surface area contributed by atoms with Gasteiger partial charge in [-0.05, 0) is 18.2 Å². The topological polar surface area (TPSA) is 46.6 Å². The molecule has 0 aliphatic heterocycles. The molecule has 24 heavy (non-hydrogen) atoms. The number of likely N-dealkylation sites (N-methyl/N-ethyl adjacent to an activating group) is 1. The first-order valence-corrected chi connectivity index (χ1v) is 8.14. The minimum absolute atomic E-state index is 0.0208. The molecule has 0 aromatic heterocycles. The highest BCUT2D eigenvalue weighted by molar-refractivity contribution is 6.30. The molecule has 0 unspecified atom stereocenters. The Bertz CT molecular complexity index is 688. The van der Waals surface area contributed by atoms with Crippen molar-refractivity contribution in [2.24, 2.45) is 0 Å². The van der Waals surface area contributed by atoms with Gasteiger partial charge in [-0.3, -0.25) is 9.59 Å². The van der Waals surface area contributed by atoms with Gasteiger partial charge in [0.2, 0.25) is 5.91 Å². The van der Waals surface area contributed by atoms with Crippen molar-refractivity contribution in [1.82, 2.24) is 4.90 Å². The van der Waals surface area contributed by atoms with Crippen molar-refractivity contribution in [1.29, 1.82) is 0 Å². The van der Waals surface area contributed by atoms with Crippen LogP contribution in [0.5, 0.6) is 5.75 Å². The van der Waals surface area contributed by atoms with Crippen molar-refractivity contribution in [2.75, 3.05) is 20.2 Å². The van der Waals surface area contributed by atoms with Gasteiger partial charge in [-0.1, -0.05) is 48.0 Å². The van der Waals surface area contributed by atoms with Gasteiger partial charge in [-0.25, -0.2) is 0 Å². The van der Waals surface area contributed by atoms with Gasteiger partial charge in [-0.2, -0.15) is 0 Å². The smallest absolute Gasteiger partial charge is 0.222 e. The van der Waals surface area contributed by atoms with E-state index in [0.717, 1.165) is 0 Å². The molecule has 126 valence electrons. The van der Waals surface area contributed by atoms with Gasteiger partial charge in [0.25, 0.3) is 0 Å². The molecule has 0 aliphatic carbocycles. The van der Waals surface area contributed by atoms with Crippen LogP contribution in [-0.4, -0.2) is 36.8 Å². The second kappa shape index (κ2) is 9.08. The summed E-state index contributed by atoms with van der Waals surface area (Å²) in [4.78, 5) is 25.6. The summed E-state index contributed by atoms with van der Waals surface area (Å²) < 4.78 is 5.56. The predicted octanol–water partition coefficient (Wildman–Crippen LogP) is 3.84. The van der Waals surface area contributed by atoms with Crippen LogP contribution in [0, 0.1) is 0 Å². The average Bonchev–Trinajstić information content (AvgIpc) is 2.60. The number of hydrogen-bond donors (Lipinski definition) is 0. The minimum Gasteiger partial charge on any atom is -0.492 e. The summed E-state index contributed by atoms with van der Waals surface area (Å²) >= 11 is 5.88. The number of amides is 1. The molecule has 0 fully saturated rings. The number of Topliss-reactive ketones (excluding diaryl/α,β-unsaturated/α-hetero) is 1. The molecule has 0 saturated carbocycles. The molecule has 2 aromatic carbocycles. The molecule has 1 amide bonds. The van der Waals surface area contributed by atoms with Gasteiger partial charge in [0, 0.05) is 30.5 Å². The quantitative estimate of drug-likeness (QED) is 0.683. The zero-order chi connectivity index (χ0) is 17.4. The van der Waals surface area contributed by atoms with Crippen molar-refractivity contribution >= 4 is 23.3 Å². The number of nitrogens with zero attached hydrogens (tertiary/aromatic N) is 1. The van der Waals surface area contributed by atoms with Crippen LogP contribution in [0.1, 0.15) is 23.2 Å². The SMILES string of the molecule is CN(CCOc1cccc(Cl)c1)C(=O)CCC(=O)c1ccccc1. The van der Waals surface area contributed by atoms with Crippen molar-refractivity contribution in [3.8, 4) is 5.75 Å². The van der Waals surface area contributed by atoms with E-state index < -0.39 is 0 Å². The molecule has 0 bridgehead atoms.